The number of nitrogens with one attached hydrogen (secondary N) is 1. The average molecular weight is 666 g/mol. The van der Waals surface area contributed by atoms with Gasteiger partial charge in [-0.2, -0.15) is 0 Å². The van der Waals surface area contributed by atoms with Crippen LogP contribution in [0.4, 0.5) is 0 Å². The fraction of sp³-hybridized carbons (Fsp3) is 0.170. The second kappa shape index (κ2) is 14.2. The van der Waals surface area contributed by atoms with Crippen molar-refractivity contribution in [1.82, 2.24) is 0 Å². The number of allylic oxidation sites excluding steroid dienone is 4. The lowest BCUT2D eigenvalue weighted by molar-refractivity contribution is 0.270. The van der Waals surface area contributed by atoms with Crippen LogP contribution in [0.15, 0.2) is 155 Å². The molecule has 0 fully saturated rings. The number of ether oxygens (including phenoxy) is 1. The first kappa shape index (κ1) is 33.6. The zero-order valence-electron chi connectivity index (χ0n) is 29.9. The molecule has 1 N–H and O–H groups in total. The molecule has 1 heterocycles. The van der Waals surface area contributed by atoms with Crippen molar-refractivity contribution in [3.63, 3.8) is 0 Å². The van der Waals surface area contributed by atoms with Crippen LogP contribution in [0, 0.1) is 5.41 Å². The van der Waals surface area contributed by atoms with Crippen LogP contribution in [0.25, 0.3) is 39.0 Å². The van der Waals surface area contributed by atoms with Crippen molar-refractivity contribution in [2.75, 3.05) is 0 Å². The summed E-state index contributed by atoms with van der Waals surface area (Å²) in [5.41, 5.74) is 13.8. The molecule has 51 heavy (non-hydrogen) atoms. The molecule has 4 heteroatoms. The molecule has 4 nitrogen and oxygen atoms in total. The molecule has 0 aromatic heterocycles. The van der Waals surface area contributed by atoms with Gasteiger partial charge in [-0.25, -0.2) is 9.98 Å². The third kappa shape index (κ3) is 6.58. The Bertz CT molecular complexity index is 2280. The summed E-state index contributed by atoms with van der Waals surface area (Å²) in [6, 6.07) is 40.5. The molecule has 1 aliphatic heterocycles. The van der Waals surface area contributed by atoms with E-state index in [1.165, 1.54) is 33.4 Å². The summed E-state index contributed by atoms with van der Waals surface area (Å²) in [6.07, 6.45) is 10.4. The van der Waals surface area contributed by atoms with Crippen LogP contribution in [0.2, 0.25) is 0 Å². The predicted molar refractivity (Wildman–Crippen MR) is 215 cm³/mol. The number of hydrogen-bond acceptors (Lipinski definition) is 2. The molecule has 0 bridgehead atoms. The molecule has 252 valence electrons. The van der Waals surface area contributed by atoms with Crippen molar-refractivity contribution in [2.24, 2.45) is 9.98 Å². The highest BCUT2D eigenvalue weighted by atomic mass is 16.5. The lowest BCUT2D eigenvalue weighted by atomic mass is 9.82. The molecule has 5 aromatic carbocycles. The van der Waals surface area contributed by atoms with Crippen molar-refractivity contribution in [3.8, 4) is 39.1 Å². The first-order valence-corrected chi connectivity index (χ1v) is 17.7. The van der Waals surface area contributed by atoms with Crippen LogP contribution < -0.4 is 4.74 Å². The largest absolute Gasteiger partial charge is 0.486 e. The highest BCUT2D eigenvalue weighted by Gasteiger charge is 2.36. The van der Waals surface area contributed by atoms with Gasteiger partial charge in [0.1, 0.15) is 17.7 Å². The maximum atomic E-state index is 8.59. The second-order valence-corrected chi connectivity index (χ2v) is 13.6. The Hall–Kier alpha value is -5.87. The van der Waals surface area contributed by atoms with Gasteiger partial charge in [0.05, 0.1) is 0 Å². The molecule has 1 unspecified atom stereocenters. The zero-order chi connectivity index (χ0) is 35.5. The maximum Gasteiger partial charge on any atom is 0.153 e. The first-order chi connectivity index (χ1) is 24.8. The quantitative estimate of drug-likeness (QED) is 0.110. The summed E-state index contributed by atoms with van der Waals surface area (Å²) in [7, 11) is 0. The molecule has 0 radical (unpaired) electrons. The molecular formula is C47H43N3O. The van der Waals surface area contributed by atoms with Gasteiger partial charge in [0.15, 0.2) is 5.84 Å². The molecule has 7 rings (SSSR count). The molecule has 0 saturated heterocycles. The molecule has 0 amide bonds. The van der Waals surface area contributed by atoms with Crippen molar-refractivity contribution < 1.29 is 4.74 Å². The van der Waals surface area contributed by atoms with Crippen LogP contribution in [-0.4, -0.2) is 24.0 Å². The Balaban J connectivity index is 1.24. The van der Waals surface area contributed by atoms with Gasteiger partial charge in [-0.05, 0) is 95.1 Å². The number of amidine groups is 2. The van der Waals surface area contributed by atoms with Crippen molar-refractivity contribution >= 4 is 23.5 Å². The Labute approximate surface area is 301 Å². The monoisotopic (exact) mass is 665 g/mol. The van der Waals surface area contributed by atoms with Gasteiger partial charge in [0.25, 0.3) is 0 Å². The Kier molecular flexibility index (Phi) is 9.34. The zero-order valence-corrected chi connectivity index (χ0v) is 29.9. The number of benzene rings is 5. The van der Waals surface area contributed by atoms with E-state index in [-0.39, 0.29) is 17.4 Å². The van der Waals surface area contributed by atoms with Gasteiger partial charge in [-0.3, -0.25) is 5.41 Å². The van der Waals surface area contributed by atoms with Crippen LogP contribution in [-0.2, 0) is 5.41 Å². The second-order valence-electron chi connectivity index (χ2n) is 13.6. The lowest BCUT2D eigenvalue weighted by Crippen LogP contribution is -2.14. The highest BCUT2D eigenvalue weighted by Crippen LogP contribution is 2.52. The average Bonchev–Trinajstić information content (AvgIpc) is 3.30. The van der Waals surface area contributed by atoms with Crippen LogP contribution in [0.1, 0.15) is 63.3 Å². The lowest BCUT2D eigenvalue weighted by Gasteiger charge is -2.21. The van der Waals surface area contributed by atoms with Crippen molar-refractivity contribution in [3.05, 3.63) is 167 Å². The maximum absolute atomic E-state index is 8.59. The summed E-state index contributed by atoms with van der Waals surface area (Å²) in [6.45, 7) is 10.7. The number of rotatable bonds is 6. The smallest absolute Gasteiger partial charge is 0.153 e. The van der Waals surface area contributed by atoms with Crippen molar-refractivity contribution in [1.29, 1.82) is 5.41 Å². The Morgan fingerprint density at radius 3 is 2.27 bits per heavy atom. The molecule has 5 aromatic rings. The number of aliphatic imine (C=N–C) groups is 2. The van der Waals surface area contributed by atoms with Crippen LogP contribution >= 0.6 is 0 Å². The Morgan fingerprint density at radius 2 is 1.47 bits per heavy atom. The minimum atomic E-state index is -0.164. The number of nitrogens with zero attached hydrogens (tertiary/aromatic N) is 2. The Morgan fingerprint density at radius 1 is 0.765 bits per heavy atom. The van der Waals surface area contributed by atoms with E-state index in [4.69, 9.17) is 15.1 Å². The van der Waals surface area contributed by atoms with E-state index in [0.717, 1.165) is 39.1 Å². The summed E-state index contributed by atoms with van der Waals surface area (Å²) in [4.78, 5) is 9.45. The van der Waals surface area contributed by atoms with Crippen molar-refractivity contribution in [2.45, 2.75) is 52.6 Å². The van der Waals surface area contributed by atoms with Gasteiger partial charge >= 0.3 is 0 Å². The van der Waals surface area contributed by atoms with E-state index in [1.807, 2.05) is 62.5 Å². The van der Waals surface area contributed by atoms with Gasteiger partial charge in [-0.15, -0.1) is 0 Å². The van der Waals surface area contributed by atoms with E-state index < -0.39 is 0 Å². The SMILES string of the molecule is C/C=C\CC(N=CC1=CC(C)Oc2ccc(-c3cccc(-c4cccc5c4-c4ccccc4C5(C)C)c3)cc2/C1=C/C)=NC(=N)c1ccccc1. The first-order valence-electron chi connectivity index (χ1n) is 17.7. The normalized spacial score (nSPS) is 17.1. The summed E-state index contributed by atoms with van der Waals surface area (Å²) < 4.78 is 6.45. The van der Waals surface area contributed by atoms with Gasteiger partial charge in [0, 0.05) is 34.8 Å². The third-order valence-electron chi connectivity index (χ3n) is 9.89. The fourth-order valence-electron chi connectivity index (χ4n) is 7.34. The summed E-state index contributed by atoms with van der Waals surface area (Å²) >= 11 is 0. The van der Waals surface area contributed by atoms with Crippen LogP contribution in [0.3, 0.4) is 0 Å². The van der Waals surface area contributed by atoms with E-state index in [1.54, 1.807) is 0 Å². The van der Waals surface area contributed by atoms with E-state index >= 15 is 0 Å². The summed E-state index contributed by atoms with van der Waals surface area (Å²) in [5, 5.41) is 8.59. The van der Waals surface area contributed by atoms with Gasteiger partial charge in [-0.1, -0.05) is 129 Å². The molecule has 0 saturated carbocycles. The fourth-order valence-corrected chi connectivity index (χ4v) is 7.34. The molecule has 0 spiro atoms. The highest BCUT2D eigenvalue weighted by molar-refractivity contribution is 6.10. The van der Waals surface area contributed by atoms with E-state index in [2.05, 4.69) is 123 Å². The number of hydrogen-bond donors (Lipinski definition) is 1. The standard InChI is InChI=1S/C47H43N3O/c1-6-8-24-44(50-46(48)32-16-10-9-11-17-32)49-30-36-27-31(3)51-43-26-25-34(29-40(43)37(36)7-2)33-18-14-19-35(28-33)38-21-15-23-42-45(38)39-20-12-13-22-41(39)47(42,4)5/h6-23,25-31,48H,24H2,1-5H3/b8-6-,37-7+,48-46?,49-30?,50-44?. The minimum absolute atomic E-state index is 0.0476. The number of fused-ring (bicyclic) bond motifs is 4. The predicted octanol–water partition coefficient (Wildman–Crippen LogP) is 11.9. The van der Waals surface area contributed by atoms with Crippen LogP contribution in [0.5, 0.6) is 5.75 Å². The van der Waals surface area contributed by atoms with Gasteiger partial charge in [0.2, 0.25) is 0 Å². The third-order valence-corrected chi connectivity index (χ3v) is 9.89. The van der Waals surface area contributed by atoms with Gasteiger partial charge < -0.3 is 4.74 Å². The molecular weight excluding hydrogens is 623 g/mol. The van der Waals surface area contributed by atoms with E-state index in [0.29, 0.717) is 12.3 Å². The molecule has 1 aliphatic carbocycles. The molecule has 2 aliphatic rings. The van der Waals surface area contributed by atoms with E-state index in [9.17, 15) is 0 Å². The topological polar surface area (TPSA) is 57.8 Å². The minimum Gasteiger partial charge on any atom is -0.486 e. The summed E-state index contributed by atoms with van der Waals surface area (Å²) in [5.74, 6) is 1.60. The molecule has 1 atom stereocenters.